The summed E-state index contributed by atoms with van der Waals surface area (Å²) in [5.74, 6) is -0.0558. The van der Waals surface area contributed by atoms with Gasteiger partial charge in [0.05, 0.1) is 11.9 Å². The molecular weight excluding hydrogens is 440 g/mol. The van der Waals surface area contributed by atoms with Crippen molar-refractivity contribution in [3.63, 3.8) is 0 Å². The molecule has 1 aliphatic rings. The van der Waals surface area contributed by atoms with Crippen molar-refractivity contribution in [2.45, 2.75) is 38.6 Å². The lowest BCUT2D eigenvalue weighted by atomic mass is 10.0. The Labute approximate surface area is 206 Å². The monoisotopic (exact) mass is 472 g/mol. The molecule has 7 nitrogen and oxygen atoms in total. The molecule has 2 aromatic carbocycles. The van der Waals surface area contributed by atoms with Crippen LogP contribution in [-0.4, -0.2) is 48.1 Å². The van der Waals surface area contributed by atoms with Gasteiger partial charge in [0, 0.05) is 37.0 Å². The molecule has 0 bridgehead atoms. The molecule has 1 atom stereocenters. The number of rotatable bonds is 7. The number of aromatic nitrogens is 1. The number of hydrogen-bond acceptors (Lipinski definition) is 5. The molecule has 2 amide bonds. The molecule has 1 aromatic heterocycles. The molecule has 1 unspecified atom stereocenters. The topological polar surface area (TPSA) is 74.8 Å². The predicted molar refractivity (Wildman–Crippen MR) is 138 cm³/mol. The third kappa shape index (κ3) is 6.67. The minimum atomic E-state index is -0.546. The van der Waals surface area contributed by atoms with Crippen molar-refractivity contribution < 1.29 is 14.3 Å². The molecule has 4 rings (SSSR count). The normalized spacial score (nSPS) is 15.9. The van der Waals surface area contributed by atoms with Crippen LogP contribution in [0.5, 0.6) is 5.88 Å². The Balaban J connectivity index is 1.27. The van der Waals surface area contributed by atoms with Gasteiger partial charge in [0.2, 0.25) is 5.88 Å². The number of anilines is 2. The molecule has 0 saturated carbocycles. The van der Waals surface area contributed by atoms with Crippen LogP contribution in [0.3, 0.4) is 0 Å². The van der Waals surface area contributed by atoms with E-state index in [1.165, 1.54) is 42.5 Å². The number of nitrogens with one attached hydrogen (secondary N) is 1. The first-order chi connectivity index (χ1) is 17.0. The quantitative estimate of drug-likeness (QED) is 0.499. The number of piperidine rings is 1. The summed E-state index contributed by atoms with van der Waals surface area (Å²) in [6.07, 6.45) is 5.80. The zero-order chi connectivity index (χ0) is 24.6. The van der Waals surface area contributed by atoms with Crippen molar-refractivity contribution in [3.8, 4) is 5.88 Å². The summed E-state index contributed by atoms with van der Waals surface area (Å²) in [5.41, 5.74) is 3.05. The van der Waals surface area contributed by atoms with Crippen LogP contribution in [0.2, 0.25) is 0 Å². The summed E-state index contributed by atoms with van der Waals surface area (Å²) in [7, 11) is 1.63. The fraction of sp³-hybridized carbons (Fsp3) is 0.321. The van der Waals surface area contributed by atoms with Crippen LogP contribution in [0.4, 0.5) is 16.2 Å². The summed E-state index contributed by atoms with van der Waals surface area (Å²) >= 11 is 0. The smallest absolute Gasteiger partial charge is 0.391 e. The third-order valence-corrected chi connectivity index (χ3v) is 6.45. The van der Waals surface area contributed by atoms with Gasteiger partial charge in [-0.05, 0) is 68.6 Å². The van der Waals surface area contributed by atoms with E-state index in [0.717, 1.165) is 13.0 Å². The van der Waals surface area contributed by atoms with E-state index in [-0.39, 0.29) is 11.8 Å². The number of nitrogens with zero attached hydrogens (tertiary/aromatic N) is 3. The Kier molecular flexibility index (Phi) is 8.11. The molecule has 7 heteroatoms. The first-order valence-electron chi connectivity index (χ1n) is 12.1. The lowest BCUT2D eigenvalue weighted by Gasteiger charge is -2.33. The zero-order valence-corrected chi connectivity index (χ0v) is 20.3. The lowest BCUT2D eigenvalue weighted by Crippen LogP contribution is -2.38. The first-order valence-corrected chi connectivity index (χ1v) is 12.1. The molecule has 1 aliphatic heterocycles. The van der Waals surface area contributed by atoms with Crippen LogP contribution in [-0.2, 0) is 6.42 Å². The van der Waals surface area contributed by atoms with Gasteiger partial charge in [-0.25, -0.2) is 9.78 Å². The fourth-order valence-electron chi connectivity index (χ4n) is 4.22. The predicted octanol–water partition coefficient (Wildman–Crippen LogP) is 5.39. The number of likely N-dealkylation sites (tertiary alicyclic amines) is 1. The number of carbonyl (C=O) groups excluding carboxylic acids is 2. The minimum absolute atomic E-state index is 0.156. The molecule has 2 heterocycles. The van der Waals surface area contributed by atoms with E-state index in [2.05, 4.69) is 22.1 Å². The van der Waals surface area contributed by atoms with E-state index in [1.807, 2.05) is 54.6 Å². The Morgan fingerprint density at radius 1 is 1.06 bits per heavy atom. The maximum absolute atomic E-state index is 12.6. The highest BCUT2D eigenvalue weighted by Gasteiger charge is 2.18. The van der Waals surface area contributed by atoms with E-state index < -0.39 is 6.09 Å². The number of benzene rings is 2. The summed E-state index contributed by atoms with van der Waals surface area (Å²) < 4.78 is 5.32. The first kappa shape index (κ1) is 24.4. The molecule has 0 aliphatic carbocycles. The second-order valence-corrected chi connectivity index (χ2v) is 8.93. The summed E-state index contributed by atoms with van der Waals surface area (Å²) in [6.45, 7) is 4.54. The molecule has 1 fully saturated rings. The molecule has 0 spiro atoms. The van der Waals surface area contributed by atoms with Crippen LogP contribution in [0.1, 0.15) is 42.1 Å². The molecule has 1 saturated heterocycles. The van der Waals surface area contributed by atoms with Crippen molar-refractivity contribution >= 4 is 23.4 Å². The van der Waals surface area contributed by atoms with Crippen molar-refractivity contribution in [1.29, 1.82) is 0 Å². The third-order valence-electron chi connectivity index (χ3n) is 6.45. The number of carbonyl (C=O) groups is 2. The average Bonchev–Trinajstić information content (AvgIpc) is 2.89. The minimum Gasteiger partial charge on any atom is -0.391 e. The SMILES string of the molecule is CC1CCCCN1CCc1ccc(C(=O)Nc2ccc(OC(=O)N(C)c3ccccc3)nc2)cc1. The van der Waals surface area contributed by atoms with Gasteiger partial charge >= 0.3 is 6.09 Å². The Bertz CT molecular complexity index is 1120. The molecule has 1 N–H and O–H groups in total. The number of pyridine rings is 1. The number of amides is 2. The van der Waals surface area contributed by atoms with Crippen molar-refractivity contribution in [2.24, 2.45) is 0 Å². The summed E-state index contributed by atoms with van der Waals surface area (Å²) in [4.78, 5) is 33.1. The van der Waals surface area contributed by atoms with Gasteiger partial charge in [-0.2, -0.15) is 0 Å². The van der Waals surface area contributed by atoms with Crippen molar-refractivity contribution in [2.75, 3.05) is 30.4 Å². The van der Waals surface area contributed by atoms with Crippen LogP contribution in [0, 0.1) is 0 Å². The van der Waals surface area contributed by atoms with Gasteiger partial charge in [0.15, 0.2) is 0 Å². The Morgan fingerprint density at radius 3 is 2.51 bits per heavy atom. The van der Waals surface area contributed by atoms with Gasteiger partial charge in [0.25, 0.3) is 5.91 Å². The van der Waals surface area contributed by atoms with Gasteiger partial charge in [-0.3, -0.25) is 9.69 Å². The van der Waals surface area contributed by atoms with Crippen molar-refractivity contribution in [3.05, 3.63) is 84.1 Å². The highest BCUT2D eigenvalue weighted by molar-refractivity contribution is 6.04. The molecule has 35 heavy (non-hydrogen) atoms. The largest absolute Gasteiger partial charge is 0.420 e. The standard InChI is InChI=1S/C28H32N4O3/c1-21-8-6-7-18-32(21)19-17-22-11-13-23(14-12-22)27(33)30-24-15-16-26(29-20-24)35-28(34)31(2)25-9-4-3-5-10-25/h3-5,9-16,20-21H,6-8,17-19H2,1-2H3,(H,30,33). The van der Waals surface area contributed by atoms with E-state index in [1.54, 1.807) is 19.2 Å². The van der Waals surface area contributed by atoms with Crippen LogP contribution in [0.15, 0.2) is 72.9 Å². The maximum Gasteiger partial charge on any atom is 0.420 e. The van der Waals surface area contributed by atoms with E-state index in [4.69, 9.17) is 4.74 Å². The van der Waals surface area contributed by atoms with Crippen molar-refractivity contribution in [1.82, 2.24) is 9.88 Å². The molecule has 3 aromatic rings. The summed E-state index contributed by atoms with van der Waals surface area (Å²) in [6, 6.07) is 20.8. The van der Waals surface area contributed by atoms with Gasteiger partial charge in [-0.1, -0.05) is 36.8 Å². The number of ether oxygens (including phenoxy) is 1. The highest BCUT2D eigenvalue weighted by atomic mass is 16.6. The van der Waals surface area contributed by atoms with E-state index in [9.17, 15) is 9.59 Å². The molecule has 0 radical (unpaired) electrons. The molecular formula is C28H32N4O3. The Hall–Kier alpha value is -3.71. The maximum atomic E-state index is 12.6. The van der Waals surface area contributed by atoms with E-state index >= 15 is 0 Å². The Morgan fingerprint density at radius 2 is 1.83 bits per heavy atom. The highest BCUT2D eigenvalue weighted by Crippen LogP contribution is 2.18. The van der Waals surface area contributed by atoms with Crippen LogP contribution in [0.25, 0.3) is 0 Å². The second kappa shape index (κ2) is 11.6. The van der Waals surface area contributed by atoms with Gasteiger partial charge in [0.1, 0.15) is 0 Å². The van der Waals surface area contributed by atoms with Crippen LogP contribution < -0.4 is 15.0 Å². The van der Waals surface area contributed by atoms with Crippen LogP contribution >= 0.6 is 0 Å². The van der Waals surface area contributed by atoms with Gasteiger partial charge < -0.3 is 15.0 Å². The summed E-state index contributed by atoms with van der Waals surface area (Å²) in [5, 5.41) is 2.84. The second-order valence-electron chi connectivity index (χ2n) is 8.93. The number of hydrogen-bond donors (Lipinski definition) is 1. The fourth-order valence-corrected chi connectivity index (χ4v) is 4.22. The van der Waals surface area contributed by atoms with E-state index in [0.29, 0.717) is 23.0 Å². The number of para-hydroxylation sites is 1. The molecule has 182 valence electrons. The lowest BCUT2D eigenvalue weighted by molar-refractivity contribution is 0.102. The average molecular weight is 473 g/mol. The van der Waals surface area contributed by atoms with Gasteiger partial charge in [-0.15, -0.1) is 0 Å². The zero-order valence-electron chi connectivity index (χ0n) is 20.3.